The maximum absolute atomic E-state index is 13.0. The number of nitrogens with zero attached hydrogens (tertiary/aromatic N) is 1. The number of benzene rings is 3. The summed E-state index contributed by atoms with van der Waals surface area (Å²) >= 11 is 0. The minimum absolute atomic E-state index is 0. The summed E-state index contributed by atoms with van der Waals surface area (Å²) in [6.45, 7) is 0. The molecule has 0 aliphatic heterocycles. The molecule has 0 spiro atoms. The van der Waals surface area contributed by atoms with Crippen LogP contribution in [0.2, 0.25) is 0 Å². The van der Waals surface area contributed by atoms with E-state index in [-0.39, 0.29) is 34.2 Å². The largest absolute Gasteiger partial charge is 2.00 e. The van der Waals surface area contributed by atoms with Crippen molar-refractivity contribution < 1.29 is 31.7 Å². The Hall–Kier alpha value is -3.01. The molecule has 3 aromatic rings. The van der Waals surface area contributed by atoms with Crippen molar-refractivity contribution in [1.82, 2.24) is 0 Å². The summed E-state index contributed by atoms with van der Waals surface area (Å²) in [5.74, 6) is 0.0700. The van der Waals surface area contributed by atoms with Gasteiger partial charge in [-0.25, -0.2) is 0 Å². The number of Topliss-reactive ketones (excluding diaryl/α,β-unsaturated/α-hetero) is 1. The van der Waals surface area contributed by atoms with Gasteiger partial charge in [0, 0.05) is 5.56 Å². The van der Waals surface area contributed by atoms with Gasteiger partial charge in [-0.1, -0.05) is 95.8 Å². The molecule has 1 radical (unpaired) electrons. The predicted molar refractivity (Wildman–Crippen MR) is 103 cm³/mol. The molecule has 4 rings (SSSR count). The molecule has 0 bridgehead atoms. The molecule has 143 valence electrons. The SMILES string of the molecule is COc1ccccc1[N-]C(C1=C([O-])c2ccccc2C1=O)c1ccccc1.[Cu+2]. The van der Waals surface area contributed by atoms with Crippen LogP contribution in [0.25, 0.3) is 11.1 Å². The van der Waals surface area contributed by atoms with E-state index in [1.807, 2.05) is 48.5 Å². The molecule has 0 amide bonds. The summed E-state index contributed by atoms with van der Waals surface area (Å²) in [7, 11) is 1.57. The van der Waals surface area contributed by atoms with E-state index in [0.717, 1.165) is 5.56 Å². The molecule has 0 heterocycles. The molecule has 0 N–H and O–H groups in total. The van der Waals surface area contributed by atoms with E-state index in [4.69, 9.17) is 10.1 Å². The van der Waals surface area contributed by atoms with Gasteiger partial charge in [-0.05, 0) is 17.2 Å². The molecule has 1 aliphatic rings. The fourth-order valence-corrected chi connectivity index (χ4v) is 3.34. The van der Waals surface area contributed by atoms with Crippen LogP contribution in [0, 0.1) is 0 Å². The van der Waals surface area contributed by atoms with E-state index in [2.05, 4.69) is 0 Å². The van der Waals surface area contributed by atoms with Crippen LogP contribution in [0.3, 0.4) is 0 Å². The van der Waals surface area contributed by atoms with E-state index < -0.39 is 6.04 Å². The Balaban J connectivity index is 0.00000225. The van der Waals surface area contributed by atoms with Gasteiger partial charge >= 0.3 is 17.1 Å². The van der Waals surface area contributed by atoms with E-state index in [0.29, 0.717) is 22.6 Å². The van der Waals surface area contributed by atoms with Crippen LogP contribution in [0.5, 0.6) is 5.75 Å². The first-order valence-corrected chi connectivity index (χ1v) is 8.65. The Labute approximate surface area is 174 Å². The zero-order valence-corrected chi connectivity index (χ0v) is 16.0. The molecule has 0 aromatic heterocycles. The molecule has 0 saturated heterocycles. The van der Waals surface area contributed by atoms with Crippen LogP contribution in [0.4, 0.5) is 5.69 Å². The van der Waals surface area contributed by atoms with Gasteiger partial charge in [0.25, 0.3) is 0 Å². The normalized spacial score (nSPS) is 13.5. The third kappa shape index (κ3) is 3.42. The second-order valence-corrected chi connectivity index (χ2v) is 6.23. The summed E-state index contributed by atoms with van der Waals surface area (Å²) in [5, 5.41) is 17.8. The summed E-state index contributed by atoms with van der Waals surface area (Å²) in [6.07, 6.45) is 0. The van der Waals surface area contributed by atoms with Crippen molar-refractivity contribution in [3.05, 3.63) is 106 Å². The van der Waals surface area contributed by atoms with Crippen LogP contribution in [-0.4, -0.2) is 12.9 Å². The molecule has 1 unspecified atom stereocenters. The van der Waals surface area contributed by atoms with Crippen LogP contribution in [0.1, 0.15) is 27.5 Å². The van der Waals surface area contributed by atoms with Crippen molar-refractivity contribution in [3.63, 3.8) is 0 Å². The van der Waals surface area contributed by atoms with Crippen LogP contribution >= 0.6 is 0 Å². The van der Waals surface area contributed by atoms with E-state index >= 15 is 0 Å². The van der Waals surface area contributed by atoms with Gasteiger partial charge in [0.15, 0.2) is 5.78 Å². The smallest absolute Gasteiger partial charge is 0.872 e. The minimum Gasteiger partial charge on any atom is -0.872 e. The van der Waals surface area contributed by atoms with Crippen molar-refractivity contribution >= 4 is 17.2 Å². The number of hydrogen-bond donors (Lipinski definition) is 0. The molecule has 5 heteroatoms. The summed E-state index contributed by atoms with van der Waals surface area (Å²) < 4.78 is 5.39. The van der Waals surface area contributed by atoms with E-state index in [1.165, 1.54) is 0 Å². The topological polar surface area (TPSA) is 63.5 Å². The molecule has 0 saturated carbocycles. The molecule has 28 heavy (non-hydrogen) atoms. The number of para-hydroxylation sites is 2. The Morgan fingerprint density at radius 2 is 1.46 bits per heavy atom. The zero-order valence-electron chi connectivity index (χ0n) is 15.1. The Morgan fingerprint density at radius 3 is 2.14 bits per heavy atom. The first-order chi connectivity index (χ1) is 13.2. The number of hydrogen-bond acceptors (Lipinski definition) is 3. The van der Waals surface area contributed by atoms with Crippen molar-refractivity contribution in [2.45, 2.75) is 6.04 Å². The molecule has 0 fully saturated rings. The summed E-state index contributed by atoms with van der Waals surface area (Å²) in [5.41, 5.74) is 2.43. The third-order valence-corrected chi connectivity index (χ3v) is 4.65. The third-order valence-electron chi connectivity index (χ3n) is 4.65. The monoisotopic (exact) mass is 418 g/mol. The quantitative estimate of drug-likeness (QED) is 0.576. The second-order valence-electron chi connectivity index (χ2n) is 6.23. The molecule has 1 aliphatic carbocycles. The maximum Gasteiger partial charge on any atom is 2.00 e. The Kier molecular flexibility index (Phi) is 5.88. The minimum atomic E-state index is -0.699. The van der Waals surface area contributed by atoms with Gasteiger partial charge in [0.2, 0.25) is 0 Å². The van der Waals surface area contributed by atoms with Gasteiger partial charge in [0.05, 0.1) is 7.11 Å². The van der Waals surface area contributed by atoms with Gasteiger partial charge in [0.1, 0.15) is 5.75 Å². The van der Waals surface area contributed by atoms with Crippen LogP contribution in [-0.2, 0) is 17.1 Å². The second kappa shape index (κ2) is 8.34. The number of ether oxygens (including phenoxy) is 1. The Bertz CT molecular complexity index is 1030. The van der Waals surface area contributed by atoms with E-state index in [9.17, 15) is 9.90 Å². The molecular formula is C23H17CuNO3. The number of carbonyl (C=O) groups is 1. The number of rotatable bonds is 5. The number of methoxy groups -OCH3 is 1. The average molecular weight is 419 g/mol. The predicted octanol–water partition coefficient (Wildman–Crippen LogP) is 4.41. The first kappa shape index (κ1) is 19.7. The molecule has 4 nitrogen and oxygen atoms in total. The van der Waals surface area contributed by atoms with Crippen molar-refractivity contribution in [2.24, 2.45) is 0 Å². The fourth-order valence-electron chi connectivity index (χ4n) is 3.34. The van der Waals surface area contributed by atoms with Crippen molar-refractivity contribution in [3.8, 4) is 5.75 Å². The van der Waals surface area contributed by atoms with Gasteiger partial charge in [-0.15, -0.1) is 0 Å². The summed E-state index contributed by atoms with van der Waals surface area (Å²) in [6, 6.07) is 22.9. The molecule has 1 atom stereocenters. The van der Waals surface area contributed by atoms with E-state index in [1.54, 1.807) is 37.4 Å². The number of fused-ring (bicyclic) bond motifs is 1. The van der Waals surface area contributed by atoms with Gasteiger partial charge < -0.3 is 15.2 Å². The Morgan fingerprint density at radius 1 is 0.857 bits per heavy atom. The van der Waals surface area contributed by atoms with Gasteiger partial charge in [-0.2, -0.15) is 0 Å². The fraction of sp³-hybridized carbons (Fsp3) is 0.0870. The molecule has 3 aromatic carbocycles. The molecular weight excluding hydrogens is 402 g/mol. The number of ketones is 1. The van der Waals surface area contributed by atoms with Crippen LogP contribution < -0.4 is 9.84 Å². The van der Waals surface area contributed by atoms with Gasteiger partial charge in [-0.3, -0.25) is 4.79 Å². The first-order valence-electron chi connectivity index (χ1n) is 8.65. The average Bonchev–Trinajstić information content (AvgIpc) is 2.98. The zero-order chi connectivity index (χ0) is 18.8. The van der Waals surface area contributed by atoms with Crippen molar-refractivity contribution in [2.75, 3.05) is 7.11 Å². The van der Waals surface area contributed by atoms with Crippen molar-refractivity contribution in [1.29, 1.82) is 0 Å². The number of carbonyl (C=O) groups excluding carboxylic acids is 1. The summed E-state index contributed by atoms with van der Waals surface area (Å²) in [4.78, 5) is 13.0. The van der Waals surface area contributed by atoms with Crippen LogP contribution in [0.15, 0.2) is 84.4 Å². The maximum atomic E-state index is 13.0. The standard InChI is InChI=1S/C23H18NO3.Cu/c1-27-19-14-8-7-13-18(19)24-21(15-9-3-2-4-10-15)20-22(25)16-11-5-6-12-17(16)23(20)26;/h2-14,21H,1H3,(H,25,26);/q-1;+2/p-1.